The Morgan fingerprint density at radius 3 is 2.58 bits per heavy atom. The van der Waals surface area contributed by atoms with E-state index >= 15 is 0 Å². The molecule has 0 aliphatic heterocycles. The van der Waals surface area contributed by atoms with Gasteiger partial charge in [0.05, 0.1) is 35.6 Å². The molecule has 2 aromatic rings. The van der Waals surface area contributed by atoms with Crippen molar-refractivity contribution in [3.8, 4) is 10.6 Å². The molecule has 0 bridgehead atoms. The molecule has 4 nitrogen and oxygen atoms in total. The van der Waals surface area contributed by atoms with Gasteiger partial charge in [-0.1, -0.05) is 49.2 Å². The van der Waals surface area contributed by atoms with E-state index < -0.39 is 11.7 Å². The predicted molar refractivity (Wildman–Crippen MR) is 139 cm³/mol. The van der Waals surface area contributed by atoms with E-state index in [0.717, 1.165) is 33.0 Å². The molecule has 0 radical (unpaired) electrons. The minimum absolute atomic E-state index is 0.00334. The SMILES string of the molecule is CC1=CC(C(O)CCc2nc(-c3c(C)cc(Cl)cc3Cl)sc2C(C)C)=CCC1(C)OCCO. The Balaban J connectivity index is 1.77. The van der Waals surface area contributed by atoms with Crippen molar-refractivity contribution < 1.29 is 14.9 Å². The van der Waals surface area contributed by atoms with E-state index in [9.17, 15) is 5.11 Å². The molecule has 2 N–H and O–H groups in total. The molecule has 0 spiro atoms. The van der Waals surface area contributed by atoms with Crippen molar-refractivity contribution in [2.45, 2.75) is 71.5 Å². The number of ether oxygens (including phenoxy) is 1. The average molecular weight is 511 g/mol. The minimum Gasteiger partial charge on any atom is -0.394 e. The fourth-order valence-corrected chi connectivity index (χ4v) is 6.10. The van der Waals surface area contributed by atoms with E-state index in [1.807, 2.05) is 39.0 Å². The lowest BCUT2D eigenvalue weighted by atomic mass is 9.84. The van der Waals surface area contributed by atoms with Crippen LogP contribution in [0.1, 0.15) is 62.6 Å². The highest BCUT2D eigenvalue weighted by Crippen LogP contribution is 2.40. The summed E-state index contributed by atoms with van der Waals surface area (Å²) in [6.07, 6.45) is 5.42. The molecule has 1 aliphatic rings. The number of aliphatic hydroxyl groups excluding tert-OH is 2. The number of halogens is 2. The van der Waals surface area contributed by atoms with E-state index in [1.54, 1.807) is 17.4 Å². The van der Waals surface area contributed by atoms with Gasteiger partial charge in [0.1, 0.15) is 5.01 Å². The molecule has 1 heterocycles. The zero-order valence-corrected chi connectivity index (χ0v) is 22.2. The van der Waals surface area contributed by atoms with Gasteiger partial charge in [0.15, 0.2) is 0 Å². The highest BCUT2D eigenvalue weighted by molar-refractivity contribution is 7.15. The van der Waals surface area contributed by atoms with Crippen molar-refractivity contribution >= 4 is 34.5 Å². The summed E-state index contributed by atoms with van der Waals surface area (Å²) in [5, 5.41) is 22.1. The first-order valence-electron chi connectivity index (χ1n) is 11.3. The Labute approximate surface area is 210 Å². The Morgan fingerprint density at radius 2 is 1.97 bits per heavy atom. The second-order valence-corrected chi connectivity index (χ2v) is 11.0. The van der Waals surface area contributed by atoms with Gasteiger partial charge in [-0.2, -0.15) is 0 Å². The fraction of sp³-hybridized carbons (Fsp3) is 0.500. The Hall–Kier alpha value is -1.21. The maximum absolute atomic E-state index is 10.9. The van der Waals surface area contributed by atoms with E-state index in [4.69, 9.17) is 38.0 Å². The van der Waals surface area contributed by atoms with E-state index in [0.29, 0.717) is 41.8 Å². The first-order chi connectivity index (χ1) is 15.6. The number of benzene rings is 1. The van der Waals surface area contributed by atoms with Crippen LogP contribution >= 0.6 is 34.5 Å². The van der Waals surface area contributed by atoms with Crippen LogP contribution in [-0.4, -0.2) is 40.1 Å². The third-order valence-electron chi connectivity index (χ3n) is 6.21. The molecule has 7 heteroatoms. The smallest absolute Gasteiger partial charge is 0.125 e. The van der Waals surface area contributed by atoms with Crippen LogP contribution in [0, 0.1) is 6.92 Å². The molecule has 0 saturated carbocycles. The van der Waals surface area contributed by atoms with Crippen molar-refractivity contribution in [1.82, 2.24) is 4.98 Å². The maximum atomic E-state index is 10.9. The van der Waals surface area contributed by atoms with Crippen molar-refractivity contribution in [1.29, 1.82) is 0 Å². The van der Waals surface area contributed by atoms with Crippen LogP contribution in [0.2, 0.25) is 10.0 Å². The molecule has 180 valence electrons. The summed E-state index contributed by atoms with van der Waals surface area (Å²) < 4.78 is 5.83. The molecule has 0 fully saturated rings. The first-order valence-corrected chi connectivity index (χ1v) is 12.9. The zero-order chi connectivity index (χ0) is 24.3. The first kappa shape index (κ1) is 26.4. The molecule has 1 aromatic heterocycles. The lowest BCUT2D eigenvalue weighted by molar-refractivity contribution is -0.0197. The van der Waals surface area contributed by atoms with E-state index in [-0.39, 0.29) is 6.61 Å². The van der Waals surface area contributed by atoms with Crippen LogP contribution in [0.25, 0.3) is 10.6 Å². The lowest BCUT2D eigenvalue weighted by Gasteiger charge is -2.34. The highest BCUT2D eigenvalue weighted by atomic mass is 35.5. The lowest BCUT2D eigenvalue weighted by Crippen LogP contribution is -2.33. The number of thiazole rings is 1. The van der Waals surface area contributed by atoms with Crippen molar-refractivity contribution in [2.75, 3.05) is 13.2 Å². The van der Waals surface area contributed by atoms with Crippen molar-refractivity contribution in [3.05, 3.63) is 61.6 Å². The maximum Gasteiger partial charge on any atom is 0.125 e. The predicted octanol–water partition coefficient (Wildman–Crippen LogP) is 6.89. The van der Waals surface area contributed by atoms with Gasteiger partial charge in [-0.15, -0.1) is 11.3 Å². The Bertz CT molecular complexity index is 1040. The Kier molecular flexibility index (Phi) is 8.82. The summed E-state index contributed by atoms with van der Waals surface area (Å²) in [5.41, 5.74) is 4.48. The molecule has 1 aromatic carbocycles. The third kappa shape index (κ3) is 6.08. The van der Waals surface area contributed by atoms with Crippen molar-refractivity contribution in [2.24, 2.45) is 0 Å². The van der Waals surface area contributed by atoms with Gasteiger partial charge in [0.2, 0.25) is 0 Å². The second-order valence-electron chi connectivity index (χ2n) is 9.16. The normalized spacial score (nSPS) is 19.6. The molecule has 0 saturated heterocycles. The third-order valence-corrected chi connectivity index (χ3v) is 8.15. The number of aliphatic hydroxyl groups is 2. The molecule has 33 heavy (non-hydrogen) atoms. The fourth-order valence-electron chi connectivity index (χ4n) is 4.12. The van der Waals surface area contributed by atoms with Gasteiger partial charge in [-0.3, -0.25) is 0 Å². The summed E-state index contributed by atoms with van der Waals surface area (Å²) >= 11 is 14.3. The number of aryl methyl sites for hydroxylation is 2. The second kappa shape index (κ2) is 11.0. The molecular weight excluding hydrogens is 477 g/mol. The quantitative estimate of drug-likeness (QED) is 0.386. The van der Waals surface area contributed by atoms with Crippen LogP contribution in [-0.2, 0) is 11.2 Å². The summed E-state index contributed by atoms with van der Waals surface area (Å²) in [6.45, 7) is 10.6. The van der Waals surface area contributed by atoms with Crippen molar-refractivity contribution in [3.63, 3.8) is 0 Å². The monoisotopic (exact) mass is 509 g/mol. The molecule has 1 aliphatic carbocycles. The summed E-state index contributed by atoms with van der Waals surface area (Å²) in [7, 11) is 0. The average Bonchev–Trinajstić information content (AvgIpc) is 3.16. The largest absolute Gasteiger partial charge is 0.394 e. The summed E-state index contributed by atoms with van der Waals surface area (Å²) in [6, 6.07) is 3.67. The van der Waals surface area contributed by atoms with Crippen LogP contribution in [0.5, 0.6) is 0 Å². The molecule has 0 amide bonds. The minimum atomic E-state index is -0.576. The van der Waals surface area contributed by atoms with Gasteiger partial charge in [0, 0.05) is 15.5 Å². The van der Waals surface area contributed by atoms with E-state index in [1.165, 1.54) is 4.88 Å². The highest BCUT2D eigenvalue weighted by Gasteiger charge is 2.30. The number of hydrogen-bond donors (Lipinski definition) is 2. The molecular formula is C26H33Cl2NO3S. The topological polar surface area (TPSA) is 62.6 Å². The molecule has 2 atom stereocenters. The van der Waals surface area contributed by atoms with Crippen LogP contribution in [0.4, 0.5) is 0 Å². The summed E-state index contributed by atoms with van der Waals surface area (Å²) in [5.74, 6) is 0.329. The van der Waals surface area contributed by atoms with Gasteiger partial charge in [-0.25, -0.2) is 4.98 Å². The zero-order valence-electron chi connectivity index (χ0n) is 19.9. The van der Waals surface area contributed by atoms with Gasteiger partial charge >= 0.3 is 0 Å². The van der Waals surface area contributed by atoms with Gasteiger partial charge in [-0.05, 0) is 74.8 Å². The number of aromatic nitrogens is 1. The van der Waals surface area contributed by atoms with E-state index in [2.05, 4.69) is 13.8 Å². The van der Waals surface area contributed by atoms with Gasteiger partial charge in [0.25, 0.3) is 0 Å². The standard InChI is InChI=1S/C26H33Cl2NO3S/c1-15(2)24-21(29-25(33-24)23-16(3)12-19(27)14-20(23)28)6-7-22(31)18-8-9-26(5,17(4)13-18)32-11-10-30/h8,12-15,22,30-31H,6-7,9-11H2,1-5H3. The molecule has 2 unspecified atom stereocenters. The van der Waals surface area contributed by atoms with Crippen LogP contribution in [0.15, 0.2) is 35.4 Å². The number of rotatable bonds is 9. The number of hydrogen-bond acceptors (Lipinski definition) is 5. The van der Waals surface area contributed by atoms with Crippen LogP contribution in [0.3, 0.4) is 0 Å². The summed E-state index contributed by atoms with van der Waals surface area (Å²) in [4.78, 5) is 6.16. The molecule has 3 rings (SSSR count). The van der Waals surface area contributed by atoms with Crippen LogP contribution < -0.4 is 0 Å². The van der Waals surface area contributed by atoms with Gasteiger partial charge < -0.3 is 14.9 Å². The Morgan fingerprint density at radius 1 is 1.24 bits per heavy atom. The number of nitrogens with zero attached hydrogens (tertiary/aromatic N) is 1.